The van der Waals surface area contributed by atoms with Gasteiger partial charge in [0.25, 0.3) is 11.8 Å². The monoisotopic (exact) mass is 528 g/mol. The van der Waals surface area contributed by atoms with Gasteiger partial charge in [0.1, 0.15) is 16.5 Å². The predicted molar refractivity (Wildman–Crippen MR) is 148 cm³/mol. The Bertz CT molecular complexity index is 1450. The van der Waals surface area contributed by atoms with Crippen LogP contribution >= 0.6 is 11.3 Å². The van der Waals surface area contributed by atoms with Crippen molar-refractivity contribution in [2.45, 2.75) is 13.0 Å². The predicted octanol–water partition coefficient (Wildman–Crippen LogP) is 5.43. The highest BCUT2D eigenvalue weighted by atomic mass is 32.1. The molecule has 1 aromatic heterocycles. The van der Waals surface area contributed by atoms with Gasteiger partial charge in [-0.15, -0.1) is 11.3 Å². The second-order valence-corrected chi connectivity index (χ2v) is 10.2. The fourth-order valence-electron chi connectivity index (χ4n) is 3.97. The summed E-state index contributed by atoms with van der Waals surface area (Å²) in [7, 11) is 4.10. The van der Waals surface area contributed by atoms with Gasteiger partial charge < -0.3 is 25.0 Å². The molecule has 3 aromatic carbocycles. The number of anilines is 1. The van der Waals surface area contributed by atoms with E-state index in [4.69, 9.17) is 9.47 Å². The second-order valence-electron chi connectivity index (χ2n) is 9.11. The Balaban J connectivity index is 1.17. The first-order valence-electron chi connectivity index (χ1n) is 12.3. The molecule has 194 valence electrons. The molecule has 2 amide bonds. The van der Waals surface area contributed by atoms with E-state index in [9.17, 15) is 9.59 Å². The molecule has 38 heavy (non-hydrogen) atoms. The summed E-state index contributed by atoms with van der Waals surface area (Å²) in [4.78, 5) is 33.0. The number of hydrogen-bond donors (Lipinski definition) is 2. The van der Waals surface area contributed by atoms with Crippen molar-refractivity contribution in [3.63, 3.8) is 0 Å². The number of rotatable bonds is 9. The zero-order valence-electron chi connectivity index (χ0n) is 21.2. The number of aromatic nitrogens is 1. The lowest BCUT2D eigenvalue weighted by Gasteiger charge is -2.10. The Hall–Kier alpha value is -4.21. The quantitative estimate of drug-likeness (QED) is 0.282. The van der Waals surface area contributed by atoms with Crippen LogP contribution in [0.3, 0.4) is 0 Å². The molecule has 0 fully saturated rings. The van der Waals surface area contributed by atoms with Gasteiger partial charge in [-0.05, 0) is 75.1 Å². The molecule has 0 unspecified atom stereocenters. The maximum atomic E-state index is 12.9. The van der Waals surface area contributed by atoms with E-state index in [1.54, 1.807) is 42.6 Å². The zero-order valence-corrected chi connectivity index (χ0v) is 22.0. The summed E-state index contributed by atoms with van der Waals surface area (Å²) >= 11 is 1.52. The van der Waals surface area contributed by atoms with E-state index >= 15 is 0 Å². The Kier molecular flexibility index (Phi) is 7.67. The van der Waals surface area contributed by atoms with Crippen molar-refractivity contribution in [3.8, 4) is 27.8 Å². The molecule has 0 saturated carbocycles. The molecule has 2 N–H and O–H groups in total. The molecule has 0 saturated heterocycles. The lowest BCUT2D eigenvalue weighted by molar-refractivity contribution is 0.0950. The minimum Gasteiger partial charge on any atom is -0.494 e. The first kappa shape index (κ1) is 25.4. The van der Waals surface area contributed by atoms with Crippen LogP contribution in [0.4, 0.5) is 5.69 Å². The number of para-hydroxylation sites is 1. The average molecular weight is 529 g/mol. The molecule has 0 atom stereocenters. The van der Waals surface area contributed by atoms with E-state index in [1.165, 1.54) is 11.3 Å². The van der Waals surface area contributed by atoms with E-state index < -0.39 is 0 Å². The third-order valence-corrected chi connectivity index (χ3v) is 6.98. The molecular formula is C29H28N4O4S. The lowest BCUT2D eigenvalue weighted by Crippen LogP contribution is -2.22. The van der Waals surface area contributed by atoms with Crippen molar-refractivity contribution < 1.29 is 19.1 Å². The van der Waals surface area contributed by atoms with Gasteiger partial charge >= 0.3 is 0 Å². The summed E-state index contributed by atoms with van der Waals surface area (Å²) in [6.45, 7) is 2.01. The molecule has 1 aliphatic rings. The molecule has 1 aliphatic heterocycles. The molecule has 0 spiro atoms. The van der Waals surface area contributed by atoms with Gasteiger partial charge in [0.2, 0.25) is 0 Å². The van der Waals surface area contributed by atoms with E-state index in [-0.39, 0.29) is 11.8 Å². The van der Waals surface area contributed by atoms with Gasteiger partial charge in [0, 0.05) is 28.7 Å². The molecule has 8 nitrogen and oxygen atoms in total. The van der Waals surface area contributed by atoms with E-state index in [0.29, 0.717) is 41.5 Å². The van der Waals surface area contributed by atoms with Crippen LogP contribution in [0.25, 0.3) is 10.6 Å². The number of amides is 2. The zero-order chi connectivity index (χ0) is 26.5. The van der Waals surface area contributed by atoms with Gasteiger partial charge in [-0.2, -0.15) is 0 Å². The molecule has 4 aromatic rings. The molecule has 2 heterocycles. The topological polar surface area (TPSA) is 92.8 Å². The van der Waals surface area contributed by atoms with Crippen LogP contribution in [0.15, 0.2) is 72.9 Å². The Morgan fingerprint density at radius 3 is 2.71 bits per heavy atom. The molecule has 0 bridgehead atoms. The number of nitrogens with zero attached hydrogens (tertiary/aromatic N) is 2. The fraction of sp³-hybridized carbons (Fsp3) is 0.207. The SMILES string of the molecule is CN(C)CCCOc1ccc(-c2ncc(CNC(=O)c3ccc4c(c3)NC(=O)c3ccccc3O4)s2)cc1. The number of carbonyl (C=O) groups is 2. The third-order valence-electron chi connectivity index (χ3n) is 5.94. The summed E-state index contributed by atoms with van der Waals surface area (Å²) in [5.74, 6) is 1.26. The Labute approximate surface area is 225 Å². The van der Waals surface area contributed by atoms with E-state index in [2.05, 4.69) is 20.5 Å². The molecule has 5 rings (SSSR count). The van der Waals surface area contributed by atoms with Crippen LogP contribution in [-0.4, -0.2) is 48.9 Å². The minimum absolute atomic E-state index is 0.255. The average Bonchev–Trinajstić information content (AvgIpc) is 3.34. The Morgan fingerprint density at radius 2 is 1.89 bits per heavy atom. The number of fused-ring (bicyclic) bond motifs is 2. The van der Waals surface area contributed by atoms with Crippen molar-refractivity contribution in [2.24, 2.45) is 0 Å². The third kappa shape index (κ3) is 6.01. The van der Waals surface area contributed by atoms with Gasteiger partial charge in [-0.25, -0.2) is 4.98 Å². The second kappa shape index (κ2) is 11.5. The molecule has 9 heteroatoms. The number of carbonyl (C=O) groups excluding carboxylic acids is 2. The first-order valence-corrected chi connectivity index (χ1v) is 13.1. The van der Waals surface area contributed by atoms with E-state index in [0.717, 1.165) is 34.2 Å². The summed E-state index contributed by atoms with van der Waals surface area (Å²) in [5.41, 5.74) is 2.31. The highest BCUT2D eigenvalue weighted by molar-refractivity contribution is 7.15. The smallest absolute Gasteiger partial charge is 0.259 e. The van der Waals surface area contributed by atoms with E-state index in [1.807, 2.05) is 44.4 Å². The number of benzene rings is 3. The summed E-state index contributed by atoms with van der Waals surface area (Å²) in [5, 5.41) is 6.63. The van der Waals surface area contributed by atoms with Crippen molar-refractivity contribution in [3.05, 3.63) is 88.9 Å². The highest BCUT2D eigenvalue weighted by Gasteiger charge is 2.21. The maximum absolute atomic E-state index is 12.9. The number of ether oxygens (including phenoxy) is 2. The highest BCUT2D eigenvalue weighted by Crippen LogP contribution is 2.36. The van der Waals surface area contributed by atoms with Crippen LogP contribution in [0.5, 0.6) is 17.2 Å². The van der Waals surface area contributed by atoms with Crippen LogP contribution in [0.1, 0.15) is 32.0 Å². The summed E-state index contributed by atoms with van der Waals surface area (Å²) in [6.07, 6.45) is 2.74. The largest absolute Gasteiger partial charge is 0.494 e. The first-order chi connectivity index (χ1) is 18.5. The minimum atomic E-state index is -0.280. The van der Waals surface area contributed by atoms with Crippen LogP contribution in [-0.2, 0) is 6.54 Å². The fourth-order valence-corrected chi connectivity index (χ4v) is 4.82. The summed E-state index contributed by atoms with van der Waals surface area (Å²) in [6, 6.07) is 19.9. The van der Waals surface area contributed by atoms with Gasteiger partial charge in [-0.3, -0.25) is 9.59 Å². The molecular weight excluding hydrogens is 500 g/mol. The lowest BCUT2D eigenvalue weighted by atomic mass is 10.1. The van der Waals surface area contributed by atoms with Crippen LogP contribution in [0.2, 0.25) is 0 Å². The van der Waals surface area contributed by atoms with Gasteiger partial charge in [0.05, 0.1) is 24.4 Å². The van der Waals surface area contributed by atoms with Crippen LogP contribution in [0, 0.1) is 0 Å². The van der Waals surface area contributed by atoms with Gasteiger partial charge in [0.15, 0.2) is 5.75 Å². The van der Waals surface area contributed by atoms with Crippen molar-refractivity contribution in [1.82, 2.24) is 15.2 Å². The maximum Gasteiger partial charge on any atom is 0.259 e. The Morgan fingerprint density at radius 1 is 1.08 bits per heavy atom. The number of nitrogens with one attached hydrogen (secondary N) is 2. The standard InChI is InChI=1S/C29H28N4O4S/c1-33(2)14-5-15-36-21-11-8-19(9-12-21)29-31-18-22(38-29)17-30-27(34)20-10-13-26-24(16-20)32-28(35)23-6-3-4-7-25(23)37-26/h3-4,6-13,16,18H,5,14-15,17H2,1-2H3,(H,30,34)(H,32,35). The number of thiazole rings is 1. The van der Waals surface area contributed by atoms with Crippen molar-refractivity contribution >= 4 is 28.8 Å². The van der Waals surface area contributed by atoms with Crippen molar-refractivity contribution in [2.75, 3.05) is 32.6 Å². The van der Waals surface area contributed by atoms with Crippen LogP contribution < -0.4 is 20.1 Å². The normalized spacial score (nSPS) is 12.1. The molecule has 0 aliphatic carbocycles. The molecule has 0 radical (unpaired) electrons. The van der Waals surface area contributed by atoms with Crippen molar-refractivity contribution in [1.29, 1.82) is 0 Å². The van der Waals surface area contributed by atoms with Gasteiger partial charge in [-0.1, -0.05) is 12.1 Å². The number of hydrogen-bond acceptors (Lipinski definition) is 7. The summed E-state index contributed by atoms with van der Waals surface area (Å²) < 4.78 is 11.7.